The van der Waals surface area contributed by atoms with Crippen LogP contribution in [0.4, 0.5) is 0 Å². The normalized spacial score (nSPS) is 11.0. The number of benzene rings is 1. The van der Waals surface area contributed by atoms with Crippen molar-refractivity contribution in [3.8, 4) is 5.75 Å². The predicted molar refractivity (Wildman–Crippen MR) is 96.3 cm³/mol. The molecule has 0 aliphatic heterocycles. The number of ether oxygens (including phenoxy) is 2. The molecule has 0 unspecified atom stereocenters. The Bertz CT molecular complexity index is 662. The molecule has 1 heterocycles. The van der Waals surface area contributed by atoms with Crippen molar-refractivity contribution in [3.05, 3.63) is 39.6 Å². The predicted octanol–water partition coefficient (Wildman–Crippen LogP) is 4.62. The lowest BCUT2D eigenvalue weighted by molar-refractivity contribution is 0.184. The van der Waals surface area contributed by atoms with E-state index in [1.807, 2.05) is 6.92 Å². The maximum absolute atomic E-state index is 6.08. The molecule has 0 bridgehead atoms. The molecule has 1 aromatic heterocycles. The molecule has 1 aromatic carbocycles. The van der Waals surface area contributed by atoms with Crippen LogP contribution >= 0.6 is 35.0 Å². The molecule has 0 radical (unpaired) electrons. The van der Waals surface area contributed by atoms with Crippen LogP contribution in [0, 0.1) is 13.8 Å². The minimum Gasteiger partial charge on any atom is -0.491 e. The SMILES string of the molecule is COCCn1c(SCCOc2cc(Cl)ccc2Cl)nc(C)c1C. The molecule has 2 aromatic rings. The third-order valence-corrected chi connectivity index (χ3v) is 4.90. The average molecular weight is 375 g/mol. The molecule has 0 saturated heterocycles. The van der Waals surface area contributed by atoms with E-state index < -0.39 is 0 Å². The zero-order chi connectivity index (χ0) is 16.8. The summed E-state index contributed by atoms with van der Waals surface area (Å²) >= 11 is 13.7. The van der Waals surface area contributed by atoms with E-state index in [9.17, 15) is 0 Å². The van der Waals surface area contributed by atoms with Crippen LogP contribution in [0.5, 0.6) is 5.75 Å². The van der Waals surface area contributed by atoms with Gasteiger partial charge < -0.3 is 14.0 Å². The van der Waals surface area contributed by atoms with E-state index in [4.69, 9.17) is 32.7 Å². The van der Waals surface area contributed by atoms with Crippen LogP contribution < -0.4 is 4.74 Å². The van der Waals surface area contributed by atoms with Gasteiger partial charge in [-0.2, -0.15) is 0 Å². The summed E-state index contributed by atoms with van der Waals surface area (Å²) in [5.74, 6) is 1.38. The average Bonchev–Trinajstić information content (AvgIpc) is 2.79. The van der Waals surface area contributed by atoms with Crippen molar-refractivity contribution in [2.24, 2.45) is 0 Å². The minimum atomic E-state index is 0.528. The van der Waals surface area contributed by atoms with Gasteiger partial charge in [0.15, 0.2) is 5.16 Å². The molecule has 7 heteroatoms. The summed E-state index contributed by atoms with van der Waals surface area (Å²) in [5.41, 5.74) is 2.21. The van der Waals surface area contributed by atoms with Gasteiger partial charge in [-0.3, -0.25) is 0 Å². The number of nitrogens with zero attached hydrogens (tertiary/aromatic N) is 2. The van der Waals surface area contributed by atoms with Gasteiger partial charge in [-0.15, -0.1) is 0 Å². The number of aromatic nitrogens is 2. The number of thioether (sulfide) groups is 1. The Hall–Kier alpha value is -0.880. The molecule has 0 spiro atoms. The second-order valence-electron chi connectivity index (χ2n) is 4.98. The molecule has 126 valence electrons. The van der Waals surface area contributed by atoms with E-state index in [-0.39, 0.29) is 0 Å². The van der Waals surface area contributed by atoms with Crippen molar-refractivity contribution in [1.29, 1.82) is 0 Å². The summed E-state index contributed by atoms with van der Waals surface area (Å²) in [4.78, 5) is 4.61. The fourth-order valence-electron chi connectivity index (χ4n) is 2.05. The number of hydrogen-bond acceptors (Lipinski definition) is 4. The van der Waals surface area contributed by atoms with E-state index >= 15 is 0 Å². The number of imidazole rings is 1. The lowest BCUT2D eigenvalue weighted by Crippen LogP contribution is -2.08. The Morgan fingerprint density at radius 1 is 1.22 bits per heavy atom. The van der Waals surface area contributed by atoms with Crippen LogP contribution in [-0.4, -0.2) is 35.6 Å². The van der Waals surface area contributed by atoms with Crippen molar-refractivity contribution in [3.63, 3.8) is 0 Å². The highest BCUT2D eigenvalue weighted by molar-refractivity contribution is 7.99. The molecule has 0 fully saturated rings. The number of aryl methyl sites for hydroxylation is 1. The first kappa shape index (κ1) is 18.5. The molecular formula is C16H20Cl2N2O2S. The molecular weight excluding hydrogens is 355 g/mol. The van der Waals surface area contributed by atoms with Gasteiger partial charge >= 0.3 is 0 Å². The van der Waals surface area contributed by atoms with Gasteiger partial charge in [0, 0.05) is 36.2 Å². The van der Waals surface area contributed by atoms with Crippen molar-refractivity contribution in [2.75, 3.05) is 26.1 Å². The zero-order valence-corrected chi connectivity index (χ0v) is 15.8. The molecule has 0 saturated carbocycles. The molecule has 0 amide bonds. The Kier molecular flexibility index (Phi) is 7.09. The first-order chi connectivity index (χ1) is 11.0. The third kappa shape index (κ3) is 5.05. The van der Waals surface area contributed by atoms with Crippen LogP contribution in [0.3, 0.4) is 0 Å². The fourth-order valence-corrected chi connectivity index (χ4v) is 3.32. The second kappa shape index (κ2) is 8.83. The fraction of sp³-hybridized carbons (Fsp3) is 0.438. The number of methoxy groups -OCH3 is 1. The largest absolute Gasteiger partial charge is 0.491 e. The van der Waals surface area contributed by atoms with Crippen molar-refractivity contribution < 1.29 is 9.47 Å². The van der Waals surface area contributed by atoms with Crippen LogP contribution in [0.1, 0.15) is 11.4 Å². The van der Waals surface area contributed by atoms with Gasteiger partial charge in [0.05, 0.1) is 23.9 Å². The smallest absolute Gasteiger partial charge is 0.168 e. The van der Waals surface area contributed by atoms with Crippen LogP contribution in [0.25, 0.3) is 0 Å². The van der Waals surface area contributed by atoms with E-state index in [1.165, 1.54) is 5.69 Å². The van der Waals surface area contributed by atoms with E-state index in [0.29, 0.717) is 29.0 Å². The Balaban J connectivity index is 1.91. The minimum absolute atomic E-state index is 0.528. The second-order valence-corrected chi connectivity index (χ2v) is 6.89. The van der Waals surface area contributed by atoms with Gasteiger partial charge in [-0.1, -0.05) is 35.0 Å². The van der Waals surface area contributed by atoms with Crippen LogP contribution in [0.2, 0.25) is 10.0 Å². The molecule has 23 heavy (non-hydrogen) atoms. The Morgan fingerprint density at radius 2 is 2.00 bits per heavy atom. The number of hydrogen-bond donors (Lipinski definition) is 0. The Labute approximate surface area is 151 Å². The van der Waals surface area contributed by atoms with E-state index in [2.05, 4.69) is 16.5 Å². The van der Waals surface area contributed by atoms with Crippen LogP contribution in [0.15, 0.2) is 23.4 Å². The summed E-state index contributed by atoms with van der Waals surface area (Å²) in [5, 5.41) is 2.16. The maximum Gasteiger partial charge on any atom is 0.168 e. The van der Waals surface area contributed by atoms with Gasteiger partial charge in [-0.25, -0.2) is 4.98 Å². The summed E-state index contributed by atoms with van der Waals surface area (Å²) < 4.78 is 13.0. The first-order valence-corrected chi connectivity index (χ1v) is 9.00. The van der Waals surface area contributed by atoms with Crippen LogP contribution in [-0.2, 0) is 11.3 Å². The van der Waals surface area contributed by atoms with Gasteiger partial charge in [-0.05, 0) is 26.0 Å². The molecule has 2 rings (SSSR count). The summed E-state index contributed by atoms with van der Waals surface area (Å²) in [7, 11) is 1.70. The quantitative estimate of drug-likeness (QED) is 0.498. The summed E-state index contributed by atoms with van der Waals surface area (Å²) in [6, 6.07) is 5.20. The third-order valence-electron chi connectivity index (χ3n) is 3.41. The van der Waals surface area contributed by atoms with Crippen molar-refractivity contribution >= 4 is 35.0 Å². The number of rotatable bonds is 8. The molecule has 0 aliphatic carbocycles. The lowest BCUT2D eigenvalue weighted by atomic mass is 10.3. The zero-order valence-electron chi connectivity index (χ0n) is 13.4. The standard InChI is InChI=1S/C16H20Cl2N2O2S/c1-11-12(2)20(6-7-21-3)16(19-11)23-9-8-22-15-10-13(17)4-5-14(15)18/h4-5,10H,6-9H2,1-3H3. The first-order valence-electron chi connectivity index (χ1n) is 7.26. The molecule has 4 nitrogen and oxygen atoms in total. The molecule has 0 aliphatic rings. The maximum atomic E-state index is 6.08. The van der Waals surface area contributed by atoms with Crippen molar-refractivity contribution in [1.82, 2.24) is 9.55 Å². The topological polar surface area (TPSA) is 36.3 Å². The summed E-state index contributed by atoms with van der Waals surface area (Å²) in [6.45, 7) is 6.08. The highest BCUT2D eigenvalue weighted by atomic mass is 35.5. The highest BCUT2D eigenvalue weighted by Crippen LogP contribution is 2.28. The molecule has 0 N–H and O–H groups in total. The van der Waals surface area contributed by atoms with Gasteiger partial charge in [0.25, 0.3) is 0 Å². The van der Waals surface area contributed by atoms with E-state index in [0.717, 1.165) is 23.1 Å². The monoisotopic (exact) mass is 374 g/mol. The number of halogens is 2. The van der Waals surface area contributed by atoms with E-state index in [1.54, 1.807) is 37.1 Å². The molecule has 0 atom stereocenters. The van der Waals surface area contributed by atoms with Gasteiger partial charge in [0.2, 0.25) is 0 Å². The Morgan fingerprint density at radius 3 is 2.74 bits per heavy atom. The lowest BCUT2D eigenvalue weighted by Gasteiger charge is -2.10. The highest BCUT2D eigenvalue weighted by Gasteiger charge is 2.11. The summed E-state index contributed by atoms with van der Waals surface area (Å²) in [6.07, 6.45) is 0. The van der Waals surface area contributed by atoms with Gasteiger partial charge in [0.1, 0.15) is 5.75 Å². The van der Waals surface area contributed by atoms with Crippen molar-refractivity contribution in [2.45, 2.75) is 25.5 Å².